The van der Waals surface area contributed by atoms with Crippen LogP contribution in [-0.2, 0) is 0 Å². The molecule has 0 saturated heterocycles. The molecule has 0 spiro atoms. The molecule has 0 saturated carbocycles. The summed E-state index contributed by atoms with van der Waals surface area (Å²) in [6.45, 7) is 0. The number of hydrogen-bond donors (Lipinski definition) is 1. The van der Waals surface area contributed by atoms with Crippen LogP contribution in [0.3, 0.4) is 0 Å². The zero-order valence-electron chi connectivity index (χ0n) is 6.03. The van der Waals surface area contributed by atoms with Gasteiger partial charge in [-0.15, -0.1) is 12.4 Å². The average molecular weight is 323 g/mol. The molecule has 5 heteroatoms. The average Bonchev–Trinajstić information content (AvgIpc) is 2.30. The van der Waals surface area contributed by atoms with Crippen LogP contribution >= 0.6 is 12.4 Å². The van der Waals surface area contributed by atoms with Crippen LogP contribution in [0.5, 0.6) is 0 Å². The van der Waals surface area contributed by atoms with Gasteiger partial charge in [-0.1, -0.05) is 12.1 Å². The fraction of sp³-hybridized carbons (Fsp3) is 0. The van der Waals surface area contributed by atoms with Crippen molar-refractivity contribution in [2.45, 2.75) is 0 Å². The van der Waals surface area contributed by atoms with Gasteiger partial charge in [-0.2, -0.15) is 0 Å². The van der Waals surface area contributed by atoms with Crippen LogP contribution in [0, 0.1) is 0 Å². The first-order chi connectivity index (χ1) is 5.29. The second-order valence-electron chi connectivity index (χ2n) is 2.33. The molecular weight excluding hydrogens is 315 g/mol. The number of carbonyl (C=O) groups is 2. The Bertz CT molecular complexity index is 321. The van der Waals surface area contributed by atoms with Crippen molar-refractivity contribution in [1.29, 1.82) is 0 Å². The van der Waals surface area contributed by atoms with Crippen molar-refractivity contribution < 1.29 is 9.59 Å². The molecule has 2 amide bonds. The van der Waals surface area contributed by atoms with Gasteiger partial charge in [0.15, 0.2) is 0 Å². The molecule has 1 heterocycles. The van der Waals surface area contributed by atoms with E-state index in [9.17, 15) is 9.59 Å². The summed E-state index contributed by atoms with van der Waals surface area (Å²) in [7, 11) is 0. The van der Waals surface area contributed by atoms with Crippen molar-refractivity contribution in [3.05, 3.63) is 35.4 Å². The van der Waals surface area contributed by atoms with E-state index in [-0.39, 0.29) is 73.1 Å². The first-order valence-corrected chi connectivity index (χ1v) is 3.24. The van der Waals surface area contributed by atoms with Gasteiger partial charge in [-0.3, -0.25) is 14.9 Å². The van der Waals surface area contributed by atoms with E-state index in [0.717, 1.165) is 0 Å². The first kappa shape index (κ1) is 13.2. The van der Waals surface area contributed by atoms with Crippen molar-refractivity contribution in [3.63, 3.8) is 0 Å². The van der Waals surface area contributed by atoms with Gasteiger partial charge in [-0.25, -0.2) is 0 Å². The molecule has 0 atom stereocenters. The number of benzene rings is 1. The van der Waals surface area contributed by atoms with Gasteiger partial charge in [0.25, 0.3) is 11.8 Å². The summed E-state index contributed by atoms with van der Waals surface area (Å²) in [5.74, 6) is -0.601. The van der Waals surface area contributed by atoms with Crippen molar-refractivity contribution in [2.24, 2.45) is 0 Å². The topological polar surface area (TPSA) is 46.2 Å². The number of rotatable bonds is 0. The Morgan fingerprint density at radius 2 is 1.31 bits per heavy atom. The number of imide groups is 1. The standard InChI is InChI=1S/C8H5NO2.Ba.ClH.2H/c10-7-5-3-1-2-4-6(5)8(11)9-7;;;;/h1-4H,(H,9,10,11);;1H;;. The second-order valence-corrected chi connectivity index (χ2v) is 2.33. The van der Waals surface area contributed by atoms with Gasteiger partial charge in [0.1, 0.15) is 0 Å². The van der Waals surface area contributed by atoms with E-state index in [1.807, 2.05) is 0 Å². The summed E-state index contributed by atoms with van der Waals surface area (Å²) < 4.78 is 0. The number of halogens is 1. The van der Waals surface area contributed by atoms with Gasteiger partial charge >= 0.3 is 48.9 Å². The van der Waals surface area contributed by atoms with E-state index in [4.69, 9.17) is 0 Å². The molecule has 3 nitrogen and oxygen atoms in total. The monoisotopic (exact) mass is 323 g/mol. The summed E-state index contributed by atoms with van der Waals surface area (Å²) in [6, 6.07) is 6.74. The molecule has 66 valence electrons. The Kier molecular flexibility index (Phi) is 5.28. The molecule has 0 unspecified atom stereocenters. The summed E-state index contributed by atoms with van der Waals surface area (Å²) in [5.41, 5.74) is 0.940. The van der Waals surface area contributed by atoms with Crippen LogP contribution in [-0.4, -0.2) is 60.7 Å². The van der Waals surface area contributed by atoms with Crippen molar-refractivity contribution in [3.8, 4) is 0 Å². The second kappa shape index (κ2) is 5.19. The molecule has 13 heavy (non-hydrogen) atoms. The number of carbonyl (C=O) groups excluding carboxylic acids is 2. The van der Waals surface area contributed by atoms with E-state index in [1.54, 1.807) is 24.3 Å². The zero-order valence-corrected chi connectivity index (χ0v) is 6.85. The Morgan fingerprint density at radius 1 is 0.923 bits per heavy atom. The molecule has 2 rings (SSSR count). The summed E-state index contributed by atoms with van der Waals surface area (Å²) >= 11 is 0. The van der Waals surface area contributed by atoms with Crippen LogP contribution in [0.15, 0.2) is 24.3 Å². The van der Waals surface area contributed by atoms with Gasteiger partial charge in [0, 0.05) is 0 Å². The van der Waals surface area contributed by atoms with E-state index in [1.165, 1.54) is 0 Å². The van der Waals surface area contributed by atoms with Gasteiger partial charge in [0.2, 0.25) is 0 Å². The predicted octanol–water partition coefficient (Wildman–Crippen LogP) is 0.0758. The minimum atomic E-state index is -0.300. The zero-order chi connectivity index (χ0) is 7.84. The normalized spacial score (nSPS) is 12.3. The molecule has 0 radical (unpaired) electrons. The van der Waals surface area contributed by atoms with Crippen LogP contribution in [0.25, 0.3) is 0 Å². The molecule has 0 aromatic heterocycles. The Hall–Kier alpha value is 0.221. The SMILES string of the molecule is Cl.O=C1NC(=O)c2ccccc21.[BaH2]. The molecule has 0 bridgehead atoms. The van der Waals surface area contributed by atoms with Gasteiger partial charge in [0.05, 0.1) is 11.1 Å². The number of fused-ring (bicyclic) bond motifs is 1. The maximum absolute atomic E-state index is 10.9. The maximum atomic E-state index is 10.9. The van der Waals surface area contributed by atoms with Crippen LogP contribution in [0.2, 0.25) is 0 Å². The van der Waals surface area contributed by atoms with Crippen LogP contribution in [0.1, 0.15) is 20.7 Å². The summed E-state index contributed by atoms with van der Waals surface area (Å²) in [6.07, 6.45) is 0. The Morgan fingerprint density at radius 3 is 1.69 bits per heavy atom. The fourth-order valence-corrected chi connectivity index (χ4v) is 1.12. The molecule has 0 aliphatic carbocycles. The molecule has 1 aromatic carbocycles. The number of hydrogen-bond acceptors (Lipinski definition) is 2. The third-order valence-electron chi connectivity index (χ3n) is 1.64. The van der Waals surface area contributed by atoms with Crippen LogP contribution < -0.4 is 5.32 Å². The molecule has 0 fully saturated rings. The van der Waals surface area contributed by atoms with E-state index < -0.39 is 0 Å². The summed E-state index contributed by atoms with van der Waals surface area (Å²) in [5, 5.41) is 2.20. The van der Waals surface area contributed by atoms with Crippen molar-refractivity contribution >= 4 is 73.1 Å². The van der Waals surface area contributed by atoms with Gasteiger partial charge < -0.3 is 0 Å². The molecular formula is C8H8BaClNO2. The van der Waals surface area contributed by atoms with Crippen LogP contribution in [0.4, 0.5) is 0 Å². The summed E-state index contributed by atoms with van der Waals surface area (Å²) in [4.78, 5) is 21.9. The quantitative estimate of drug-likeness (QED) is 0.543. The fourth-order valence-electron chi connectivity index (χ4n) is 1.12. The Balaban J connectivity index is 0.000000720. The third-order valence-corrected chi connectivity index (χ3v) is 1.64. The molecule has 1 aliphatic rings. The van der Waals surface area contributed by atoms with E-state index >= 15 is 0 Å². The van der Waals surface area contributed by atoms with Gasteiger partial charge in [-0.05, 0) is 12.1 Å². The minimum absolute atomic E-state index is 0. The first-order valence-electron chi connectivity index (χ1n) is 3.24. The van der Waals surface area contributed by atoms with E-state index in [0.29, 0.717) is 11.1 Å². The van der Waals surface area contributed by atoms with Crippen molar-refractivity contribution in [2.75, 3.05) is 0 Å². The number of amides is 2. The third kappa shape index (κ3) is 2.37. The molecule has 1 N–H and O–H groups in total. The predicted molar refractivity (Wildman–Crippen MR) is 54.0 cm³/mol. The molecule has 1 aliphatic heterocycles. The number of nitrogens with one attached hydrogen (secondary N) is 1. The van der Waals surface area contributed by atoms with E-state index in [2.05, 4.69) is 5.32 Å². The molecule has 1 aromatic rings. The van der Waals surface area contributed by atoms with Crippen molar-refractivity contribution in [1.82, 2.24) is 5.32 Å². The Labute approximate surface area is 122 Å².